The van der Waals surface area contributed by atoms with Crippen molar-refractivity contribution in [1.82, 2.24) is 19.9 Å². The zero-order valence-electron chi connectivity index (χ0n) is 19.7. The van der Waals surface area contributed by atoms with E-state index < -0.39 is 17.9 Å². The van der Waals surface area contributed by atoms with E-state index in [9.17, 15) is 14.7 Å². The van der Waals surface area contributed by atoms with E-state index in [1.165, 1.54) is 0 Å². The zero-order chi connectivity index (χ0) is 25.3. The first-order valence-electron chi connectivity index (χ1n) is 11.3. The maximum atomic E-state index is 13.2. The molecule has 0 fully saturated rings. The molecule has 0 bridgehead atoms. The topological polar surface area (TPSA) is 97.1 Å². The first-order chi connectivity index (χ1) is 17.5. The summed E-state index contributed by atoms with van der Waals surface area (Å²) in [6.45, 7) is 0.570. The maximum Gasteiger partial charge on any atom is 0.326 e. The van der Waals surface area contributed by atoms with E-state index in [0.29, 0.717) is 24.3 Å². The summed E-state index contributed by atoms with van der Waals surface area (Å²) in [5.41, 5.74) is 4.03. The van der Waals surface area contributed by atoms with Crippen molar-refractivity contribution in [3.05, 3.63) is 95.0 Å². The SMILES string of the molecule is CSCC[C@H](NC(=O)c1cc(/C=C(/Cn2ccnc2)c2nccs2)cc(-c2ccccc2)c1)C(=O)O. The number of carboxylic acid groups (broad SMARTS) is 1. The Morgan fingerprint density at radius 1 is 1.17 bits per heavy atom. The van der Waals surface area contributed by atoms with Gasteiger partial charge in [0.05, 0.1) is 12.9 Å². The number of imidazole rings is 1. The van der Waals surface area contributed by atoms with Gasteiger partial charge in [-0.05, 0) is 59.4 Å². The third-order valence-electron chi connectivity index (χ3n) is 5.50. The lowest BCUT2D eigenvalue weighted by Crippen LogP contribution is -2.41. The van der Waals surface area contributed by atoms with Gasteiger partial charge in [0.1, 0.15) is 11.0 Å². The summed E-state index contributed by atoms with van der Waals surface area (Å²) in [5, 5.41) is 15.1. The molecule has 2 N–H and O–H groups in total. The normalized spacial score (nSPS) is 12.3. The lowest BCUT2D eigenvalue weighted by Gasteiger charge is -2.15. The number of amides is 1. The molecule has 1 amide bonds. The van der Waals surface area contributed by atoms with Crippen LogP contribution in [0.1, 0.15) is 27.3 Å². The van der Waals surface area contributed by atoms with E-state index in [-0.39, 0.29) is 0 Å². The highest BCUT2D eigenvalue weighted by Crippen LogP contribution is 2.27. The molecule has 0 saturated heterocycles. The summed E-state index contributed by atoms with van der Waals surface area (Å²) in [5.74, 6) is -0.815. The lowest BCUT2D eigenvalue weighted by molar-refractivity contribution is -0.139. The van der Waals surface area contributed by atoms with Crippen LogP contribution in [0.3, 0.4) is 0 Å². The molecule has 0 spiro atoms. The molecular formula is C27H26N4O3S2. The highest BCUT2D eigenvalue weighted by Gasteiger charge is 2.21. The average molecular weight is 519 g/mol. The molecule has 36 heavy (non-hydrogen) atoms. The van der Waals surface area contributed by atoms with Gasteiger partial charge < -0.3 is 15.0 Å². The molecule has 184 valence electrons. The number of hydrogen-bond donors (Lipinski definition) is 2. The van der Waals surface area contributed by atoms with Crippen LogP contribution in [0.15, 0.2) is 78.8 Å². The van der Waals surface area contributed by atoms with Gasteiger partial charge in [-0.1, -0.05) is 30.3 Å². The third kappa shape index (κ3) is 6.71. The zero-order valence-corrected chi connectivity index (χ0v) is 21.3. The molecule has 9 heteroatoms. The summed E-state index contributed by atoms with van der Waals surface area (Å²) in [4.78, 5) is 33.5. The Bertz CT molecular complexity index is 1320. The van der Waals surface area contributed by atoms with Crippen LogP contribution in [0.25, 0.3) is 22.8 Å². The van der Waals surface area contributed by atoms with Crippen molar-refractivity contribution >= 4 is 46.6 Å². The second-order valence-corrected chi connectivity index (χ2v) is 9.98. The summed E-state index contributed by atoms with van der Waals surface area (Å²) >= 11 is 3.09. The molecule has 2 aromatic carbocycles. The number of aromatic nitrogens is 3. The molecule has 0 unspecified atom stereocenters. The summed E-state index contributed by atoms with van der Waals surface area (Å²) in [6, 6.07) is 14.5. The van der Waals surface area contributed by atoms with E-state index >= 15 is 0 Å². The number of nitrogens with zero attached hydrogens (tertiary/aromatic N) is 3. The largest absolute Gasteiger partial charge is 0.480 e. The molecular weight excluding hydrogens is 492 g/mol. The van der Waals surface area contributed by atoms with Gasteiger partial charge in [0, 0.05) is 35.1 Å². The number of carboxylic acids is 1. The van der Waals surface area contributed by atoms with Crippen molar-refractivity contribution in [3.63, 3.8) is 0 Å². The maximum absolute atomic E-state index is 13.2. The smallest absolute Gasteiger partial charge is 0.326 e. The predicted octanol–water partition coefficient (Wildman–Crippen LogP) is 5.18. The number of carbonyl (C=O) groups excluding carboxylic acids is 1. The highest BCUT2D eigenvalue weighted by molar-refractivity contribution is 7.98. The molecule has 4 aromatic rings. The molecule has 2 heterocycles. The highest BCUT2D eigenvalue weighted by atomic mass is 32.2. The van der Waals surface area contributed by atoms with Crippen molar-refractivity contribution in [2.75, 3.05) is 12.0 Å². The molecule has 2 aromatic heterocycles. The van der Waals surface area contributed by atoms with Gasteiger partial charge in [0.15, 0.2) is 0 Å². The number of benzene rings is 2. The van der Waals surface area contributed by atoms with Crippen LogP contribution in [-0.2, 0) is 11.3 Å². The molecule has 1 atom stereocenters. The van der Waals surface area contributed by atoms with Gasteiger partial charge >= 0.3 is 5.97 Å². The van der Waals surface area contributed by atoms with Crippen LogP contribution in [0.5, 0.6) is 0 Å². The number of allylic oxidation sites excluding steroid dienone is 1. The number of thioether (sulfide) groups is 1. The minimum absolute atomic E-state index is 0.354. The van der Waals surface area contributed by atoms with Gasteiger partial charge in [0.2, 0.25) is 0 Å². The van der Waals surface area contributed by atoms with Crippen molar-refractivity contribution < 1.29 is 14.7 Å². The quantitative estimate of drug-likeness (QED) is 0.284. The van der Waals surface area contributed by atoms with Crippen molar-refractivity contribution in [3.8, 4) is 11.1 Å². The summed E-state index contributed by atoms with van der Waals surface area (Å²) < 4.78 is 1.96. The lowest BCUT2D eigenvalue weighted by atomic mass is 9.98. The van der Waals surface area contributed by atoms with E-state index in [0.717, 1.165) is 27.3 Å². The molecule has 0 radical (unpaired) electrons. The fourth-order valence-electron chi connectivity index (χ4n) is 3.73. The Balaban J connectivity index is 1.74. The Morgan fingerprint density at radius 2 is 2.00 bits per heavy atom. The average Bonchev–Trinajstić information content (AvgIpc) is 3.61. The monoisotopic (exact) mass is 518 g/mol. The van der Waals surface area contributed by atoms with Gasteiger partial charge in [-0.3, -0.25) is 4.79 Å². The second-order valence-electron chi connectivity index (χ2n) is 8.10. The van der Waals surface area contributed by atoms with E-state index in [1.807, 2.05) is 64.9 Å². The fourth-order valence-corrected chi connectivity index (χ4v) is 4.85. The number of aliphatic carboxylic acids is 1. The standard InChI is InChI=1S/C27H26N4O3S2/c1-35-11-7-24(27(33)34)30-25(32)22-14-19(13-21(16-22)20-5-3-2-4-6-20)15-23(26-29-9-12-36-26)17-31-10-8-28-18-31/h2-6,8-10,12-16,18,24H,7,11,17H2,1H3,(H,30,32)(H,33,34)/b23-15-/t24-/m0/s1. The summed E-state index contributed by atoms with van der Waals surface area (Å²) in [7, 11) is 0. The number of nitrogens with one attached hydrogen (secondary N) is 1. The predicted molar refractivity (Wildman–Crippen MR) is 146 cm³/mol. The van der Waals surface area contributed by atoms with Gasteiger partial charge in [-0.15, -0.1) is 11.3 Å². The Morgan fingerprint density at radius 3 is 2.67 bits per heavy atom. The fraction of sp³-hybridized carbons (Fsp3) is 0.185. The number of thiazole rings is 1. The number of rotatable bonds is 11. The van der Waals surface area contributed by atoms with Crippen LogP contribution >= 0.6 is 23.1 Å². The van der Waals surface area contributed by atoms with Crippen molar-refractivity contribution in [2.24, 2.45) is 0 Å². The first-order valence-corrected chi connectivity index (χ1v) is 13.6. The second kappa shape index (κ2) is 12.3. The molecule has 0 aliphatic rings. The van der Waals surface area contributed by atoms with E-state index in [1.54, 1.807) is 54.0 Å². The molecule has 0 aliphatic heterocycles. The Labute approximate surface area is 217 Å². The number of hydrogen-bond acceptors (Lipinski definition) is 6. The van der Waals surface area contributed by atoms with Crippen LogP contribution in [0.2, 0.25) is 0 Å². The number of carbonyl (C=O) groups is 2. The van der Waals surface area contributed by atoms with Gasteiger partial charge in [-0.25, -0.2) is 14.8 Å². The molecule has 0 aliphatic carbocycles. The molecule has 4 rings (SSSR count). The Hall–Kier alpha value is -3.69. The van der Waals surface area contributed by atoms with Crippen molar-refractivity contribution in [2.45, 2.75) is 19.0 Å². The third-order valence-corrected chi connectivity index (χ3v) is 6.99. The van der Waals surface area contributed by atoms with E-state index in [4.69, 9.17) is 0 Å². The van der Waals surface area contributed by atoms with Crippen LogP contribution < -0.4 is 5.32 Å². The first kappa shape index (κ1) is 25.4. The van der Waals surface area contributed by atoms with Crippen LogP contribution in [0.4, 0.5) is 0 Å². The minimum Gasteiger partial charge on any atom is -0.480 e. The molecule has 7 nitrogen and oxygen atoms in total. The minimum atomic E-state index is -1.04. The van der Waals surface area contributed by atoms with E-state index in [2.05, 4.69) is 15.3 Å². The molecule has 0 saturated carbocycles. The van der Waals surface area contributed by atoms with Crippen molar-refractivity contribution in [1.29, 1.82) is 0 Å². The van der Waals surface area contributed by atoms with Gasteiger partial charge in [-0.2, -0.15) is 11.8 Å². The summed E-state index contributed by atoms with van der Waals surface area (Å²) in [6.07, 6.45) is 11.4. The van der Waals surface area contributed by atoms with Crippen LogP contribution in [-0.4, -0.2) is 49.6 Å². The van der Waals surface area contributed by atoms with Crippen LogP contribution in [0, 0.1) is 0 Å². The Kier molecular flexibility index (Phi) is 8.70. The van der Waals surface area contributed by atoms with Gasteiger partial charge in [0.25, 0.3) is 5.91 Å².